The molecule has 4 rings (SSSR count). The largest absolute Gasteiger partial charge is 0.497 e. The zero-order chi connectivity index (χ0) is 19.6. The van der Waals surface area contributed by atoms with E-state index in [9.17, 15) is 4.79 Å². The van der Waals surface area contributed by atoms with Gasteiger partial charge in [0.2, 0.25) is 5.91 Å². The maximum absolute atomic E-state index is 13.4. The van der Waals surface area contributed by atoms with Crippen LogP contribution < -0.4 is 14.8 Å². The molecule has 0 atom stereocenters. The summed E-state index contributed by atoms with van der Waals surface area (Å²) < 4.78 is 17.0. The van der Waals surface area contributed by atoms with E-state index in [4.69, 9.17) is 14.2 Å². The number of fused-ring (bicyclic) bond motifs is 1. The Labute approximate surface area is 167 Å². The van der Waals surface area contributed by atoms with Crippen molar-refractivity contribution in [1.29, 1.82) is 0 Å². The van der Waals surface area contributed by atoms with Gasteiger partial charge in [-0.25, -0.2) is 4.98 Å². The monoisotopic (exact) mass is 398 g/mol. The summed E-state index contributed by atoms with van der Waals surface area (Å²) in [6.45, 7) is 1.10. The molecule has 1 fully saturated rings. The van der Waals surface area contributed by atoms with Crippen LogP contribution in [-0.4, -0.2) is 38.3 Å². The average molecular weight is 398 g/mol. The van der Waals surface area contributed by atoms with Gasteiger partial charge < -0.3 is 19.5 Å². The SMILES string of the molecule is COc1ccc(C2(C(=O)Nc3nc4ccc(OC)cc4s3)CCOCC2)cc1. The van der Waals surface area contributed by atoms with Gasteiger partial charge in [0.25, 0.3) is 0 Å². The minimum absolute atomic E-state index is 0.0491. The molecule has 7 heteroatoms. The Morgan fingerprint density at radius 1 is 1.07 bits per heavy atom. The van der Waals surface area contributed by atoms with Gasteiger partial charge in [0.1, 0.15) is 11.5 Å². The highest BCUT2D eigenvalue weighted by Crippen LogP contribution is 2.38. The quantitative estimate of drug-likeness (QED) is 0.703. The van der Waals surface area contributed by atoms with Crippen molar-refractivity contribution < 1.29 is 19.0 Å². The summed E-state index contributed by atoms with van der Waals surface area (Å²) >= 11 is 1.44. The molecule has 1 N–H and O–H groups in total. The van der Waals surface area contributed by atoms with Crippen LogP contribution in [0.3, 0.4) is 0 Å². The van der Waals surface area contributed by atoms with E-state index in [0.717, 1.165) is 27.3 Å². The number of thiazole rings is 1. The number of methoxy groups -OCH3 is 2. The molecular weight excluding hydrogens is 376 g/mol. The standard InChI is InChI=1S/C21H22N2O4S/c1-25-15-5-3-14(4-6-15)21(9-11-27-12-10-21)19(24)23-20-22-17-8-7-16(26-2)13-18(17)28-20/h3-8,13H,9-12H2,1-2H3,(H,22,23,24). The molecule has 0 bridgehead atoms. The summed E-state index contributed by atoms with van der Waals surface area (Å²) in [4.78, 5) is 17.9. The highest BCUT2D eigenvalue weighted by Gasteiger charge is 2.42. The molecule has 0 unspecified atom stereocenters. The second-order valence-electron chi connectivity index (χ2n) is 6.73. The van der Waals surface area contributed by atoms with Gasteiger partial charge in [0.15, 0.2) is 5.13 Å². The van der Waals surface area contributed by atoms with E-state index in [-0.39, 0.29) is 5.91 Å². The molecule has 0 aliphatic carbocycles. The third-order valence-electron chi connectivity index (χ3n) is 5.24. The van der Waals surface area contributed by atoms with E-state index in [1.54, 1.807) is 14.2 Å². The van der Waals surface area contributed by atoms with Crippen LogP contribution in [0.4, 0.5) is 5.13 Å². The van der Waals surface area contributed by atoms with Crippen molar-refractivity contribution in [3.63, 3.8) is 0 Å². The smallest absolute Gasteiger partial charge is 0.236 e. The van der Waals surface area contributed by atoms with Gasteiger partial charge in [-0.05, 0) is 48.7 Å². The fourth-order valence-corrected chi connectivity index (χ4v) is 4.47. The molecule has 2 heterocycles. The Morgan fingerprint density at radius 2 is 1.75 bits per heavy atom. The van der Waals surface area contributed by atoms with Crippen LogP contribution in [0.25, 0.3) is 10.2 Å². The average Bonchev–Trinajstić information content (AvgIpc) is 3.15. The number of amides is 1. The number of aromatic nitrogens is 1. The molecule has 0 spiro atoms. The van der Waals surface area contributed by atoms with Crippen molar-refractivity contribution in [2.45, 2.75) is 18.3 Å². The van der Waals surface area contributed by atoms with E-state index < -0.39 is 5.41 Å². The number of carbonyl (C=O) groups is 1. The molecule has 1 saturated heterocycles. The highest BCUT2D eigenvalue weighted by molar-refractivity contribution is 7.22. The maximum Gasteiger partial charge on any atom is 0.236 e. The summed E-state index contributed by atoms with van der Waals surface area (Å²) in [7, 11) is 3.27. The van der Waals surface area contributed by atoms with E-state index in [0.29, 0.717) is 31.2 Å². The number of hydrogen-bond acceptors (Lipinski definition) is 6. The van der Waals surface area contributed by atoms with Crippen LogP contribution >= 0.6 is 11.3 Å². The molecule has 1 aliphatic heterocycles. The Bertz CT molecular complexity index is 978. The minimum Gasteiger partial charge on any atom is -0.497 e. The van der Waals surface area contributed by atoms with Crippen LogP contribution in [0.15, 0.2) is 42.5 Å². The molecule has 3 aromatic rings. The van der Waals surface area contributed by atoms with Crippen LogP contribution in [0.2, 0.25) is 0 Å². The zero-order valence-corrected chi connectivity index (χ0v) is 16.7. The van der Waals surface area contributed by atoms with E-state index in [2.05, 4.69) is 10.3 Å². The zero-order valence-electron chi connectivity index (χ0n) is 15.9. The summed E-state index contributed by atoms with van der Waals surface area (Å²) in [6.07, 6.45) is 1.26. The van der Waals surface area contributed by atoms with Crippen molar-refractivity contribution >= 4 is 32.6 Å². The summed E-state index contributed by atoms with van der Waals surface area (Å²) in [6, 6.07) is 13.4. The van der Waals surface area contributed by atoms with Crippen LogP contribution in [0.5, 0.6) is 11.5 Å². The second kappa shape index (κ2) is 7.77. The summed E-state index contributed by atoms with van der Waals surface area (Å²) in [5.74, 6) is 1.49. The van der Waals surface area contributed by atoms with Crippen molar-refractivity contribution in [3.05, 3.63) is 48.0 Å². The molecule has 2 aromatic carbocycles. The van der Waals surface area contributed by atoms with Crippen molar-refractivity contribution in [3.8, 4) is 11.5 Å². The first-order valence-corrected chi connectivity index (χ1v) is 9.94. The molecule has 146 valence electrons. The normalized spacial score (nSPS) is 15.9. The Kier molecular flexibility index (Phi) is 5.19. The number of ether oxygens (including phenoxy) is 3. The molecule has 1 aromatic heterocycles. The van der Waals surface area contributed by atoms with E-state index in [1.807, 2.05) is 42.5 Å². The Balaban J connectivity index is 1.64. The Morgan fingerprint density at radius 3 is 2.43 bits per heavy atom. The lowest BCUT2D eigenvalue weighted by molar-refractivity contribution is -0.125. The fraction of sp³-hybridized carbons (Fsp3) is 0.333. The van der Waals surface area contributed by atoms with Gasteiger partial charge >= 0.3 is 0 Å². The molecule has 0 saturated carbocycles. The predicted octanol–water partition coefficient (Wildman–Crippen LogP) is 4.00. The molecular formula is C21H22N2O4S. The van der Waals surface area contributed by atoms with Gasteiger partial charge in [-0.1, -0.05) is 23.5 Å². The summed E-state index contributed by atoms with van der Waals surface area (Å²) in [5.41, 5.74) is 1.17. The number of rotatable bonds is 5. The summed E-state index contributed by atoms with van der Waals surface area (Å²) in [5, 5.41) is 3.64. The first-order chi connectivity index (χ1) is 13.6. The molecule has 28 heavy (non-hydrogen) atoms. The first kappa shape index (κ1) is 18.7. The maximum atomic E-state index is 13.4. The van der Waals surface area contributed by atoms with Crippen molar-refractivity contribution in [1.82, 2.24) is 4.98 Å². The highest BCUT2D eigenvalue weighted by atomic mass is 32.1. The van der Waals surface area contributed by atoms with Crippen LogP contribution in [-0.2, 0) is 14.9 Å². The van der Waals surface area contributed by atoms with Gasteiger partial charge in [-0.2, -0.15) is 0 Å². The van der Waals surface area contributed by atoms with Crippen LogP contribution in [0.1, 0.15) is 18.4 Å². The molecule has 0 radical (unpaired) electrons. The third kappa shape index (κ3) is 3.43. The number of nitrogens with one attached hydrogen (secondary N) is 1. The molecule has 1 aliphatic rings. The molecule has 6 nitrogen and oxygen atoms in total. The van der Waals surface area contributed by atoms with Gasteiger partial charge in [0, 0.05) is 13.2 Å². The lowest BCUT2D eigenvalue weighted by Gasteiger charge is -2.36. The lowest BCUT2D eigenvalue weighted by Crippen LogP contribution is -2.44. The van der Waals surface area contributed by atoms with Crippen molar-refractivity contribution in [2.24, 2.45) is 0 Å². The topological polar surface area (TPSA) is 69.7 Å². The van der Waals surface area contributed by atoms with Crippen molar-refractivity contribution in [2.75, 3.05) is 32.8 Å². The lowest BCUT2D eigenvalue weighted by atomic mass is 9.73. The van der Waals surface area contributed by atoms with Gasteiger partial charge in [-0.3, -0.25) is 4.79 Å². The minimum atomic E-state index is -0.639. The van der Waals surface area contributed by atoms with Gasteiger partial charge in [0.05, 0.1) is 29.9 Å². The number of anilines is 1. The third-order valence-corrected chi connectivity index (χ3v) is 6.17. The predicted molar refractivity (Wildman–Crippen MR) is 110 cm³/mol. The number of benzene rings is 2. The number of carbonyl (C=O) groups excluding carboxylic acids is 1. The van der Waals surface area contributed by atoms with E-state index in [1.165, 1.54) is 11.3 Å². The molecule has 1 amide bonds. The second-order valence-corrected chi connectivity index (χ2v) is 7.76. The first-order valence-electron chi connectivity index (χ1n) is 9.13. The number of nitrogens with zero attached hydrogens (tertiary/aromatic N) is 1. The Hall–Kier alpha value is -2.64. The van der Waals surface area contributed by atoms with Crippen LogP contribution in [0, 0.1) is 0 Å². The number of hydrogen-bond donors (Lipinski definition) is 1. The van der Waals surface area contributed by atoms with Gasteiger partial charge in [-0.15, -0.1) is 0 Å². The fourth-order valence-electron chi connectivity index (χ4n) is 3.58. The van der Waals surface area contributed by atoms with E-state index >= 15 is 0 Å².